The number of benzene rings is 2. The Morgan fingerprint density at radius 1 is 0.897 bits per heavy atom. The average molecular weight is 413 g/mol. The van der Waals surface area contributed by atoms with Gasteiger partial charge in [-0.3, -0.25) is 25.2 Å². The molecule has 0 fully saturated rings. The molecule has 3 aromatic rings. The van der Waals surface area contributed by atoms with E-state index in [1.165, 1.54) is 36.6 Å². The minimum absolute atomic E-state index is 0.0284. The maximum absolute atomic E-state index is 12.7. The highest BCUT2D eigenvalue weighted by atomic mass is 32.2. The van der Waals surface area contributed by atoms with Crippen LogP contribution in [0.1, 0.15) is 32.0 Å². The van der Waals surface area contributed by atoms with Crippen molar-refractivity contribution < 1.29 is 22.4 Å². The van der Waals surface area contributed by atoms with Gasteiger partial charge in [0.1, 0.15) is 0 Å². The summed E-state index contributed by atoms with van der Waals surface area (Å²) in [7, 11) is -3.90. The fourth-order valence-electron chi connectivity index (χ4n) is 2.50. The number of aryl methyl sites for hydroxylation is 2. The van der Waals surface area contributed by atoms with E-state index in [2.05, 4.69) is 15.6 Å². The van der Waals surface area contributed by atoms with Crippen molar-refractivity contribution in [2.75, 3.05) is 4.72 Å². The third-order valence-corrected chi connectivity index (χ3v) is 5.48. The van der Waals surface area contributed by atoms with Crippen LogP contribution in [0.4, 0.5) is 5.69 Å². The lowest BCUT2D eigenvalue weighted by Gasteiger charge is -2.12. The first-order valence-corrected chi connectivity index (χ1v) is 10.1. The summed E-state index contributed by atoms with van der Waals surface area (Å²) in [6.07, 6.45) is 1.33. The standard InChI is InChI=1S/C20H19N3O5S/c1-13-5-8-15(9-6-13)23-29(26,27)16-10-7-14(2)17(12-16)19(24)21-22-20(25)18-4-3-11-28-18/h3-12,23H,1-2H3,(H,21,24)(H,22,25). The number of amides is 2. The number of hydrogen-bond acceptors (Lipinski definition) is 5. The summed E-state index contributed by atoms with van der Waals surface area (Å²) in [4.78, 5) is 24.2. The Bertz CT molecular complexity index is 1140. The van der Waals surface area contributed by atoms with Gasteiger partial charge in [0.2, 0.25) is 0 Å². The van der Waals surface area contributed by atoms with Crippen LogP contribution in [0.15, 0.2) is 70.2 Å². The van der Waals surface area contributed by atoms with Gasteiger partial charge in [-0.1, -0.05) is 23.8 Å². The molecule has 0 saturated carbocycles. The van der Waals surface area contributed by atoms with Crippen LogP contribution in [0.2, 0.25) is 0 Å². The molecule has 3 N–H and O–H groups in total. The van der Waals surface area contributed by atoms with Gasteiger partial charge in [0.05, 0.1) is 11.2 Å². The van der Waals surface area contributed by atoms with Crippen molar-refractivity contribution in [2.45, 2.75) is 18.7 Å². The van der Waals surface area contributed by atoms with Gasteiger partial charge >= 0.3 is 5.91 Å². The molecule has 2 amide bonds. The van der Waals surface area contributed by atoms with Crippen LogP contribution >= 0.6 is 0 Å². The Morgan fingerprint density at radius 3 is 2.24 bits per heavy atom. The van der Waals surface area contributed by atoms with Crippen LogP contribution in [-0.2, 0) is 10.0 Å². The largest absolute Gasteiger partial charge is 0.459 e. The van der Waals surface area contributed by atoms with Gasteiger partial charge in [-0.2, -0.15) is 0 Å². The van der Waals surface area contributed by atoms with Gasteiger partial charge in [-0.25, -0.2) is 8.42 Å². The second-order valence-corrected chi connectivity index (χ2v) is 8.02. The lowest BCUT2D eigenvalue weighted by Crippen LogP contribution is -2.41. The minimum atomic E-state index is -3.90. The van der Waals surface area contributed by atoms with Crippen molar-refractivity contribution in [3.8, 4) is 0 Å². The van der Waals surface area contributed by atoms with E-state index in [1.807, 2.05) is 6.92 Å². The SMILES string of the molecule is Cc1ccc(NS(=O)(=O)c2ccc(C)c(C(=O)NNC(=O)c3ccco3)c2)cc1. The Morgan fingerprint density at radius 2 is 1.59 bits per heavy atom. The molecule has 3 rings (SSSR count). The van der Waals surface area contributed by atoms with Gasteiger partial charge in [-0.05, 0) is 55.8 Å². The van der Waals surface area contributed by atoms with Gasteiger partial charge in [0.25, 0.3) is 15.9 Å². The summed E-state index contributed by atoms with van der Waals surface area (Å²) in [5, 5.41) is 0. The first kappa shape index (κ1) is 20.2. The van der Waals surface area contributed by atoms with E-state index in [4.69, 9.17) is 4.42 Å². The van der Waals surface area contributed by atoms with E-state index in [-0.39, 0.29) is 16.2 Å². The van der Waals surface area contributed by atoms with Gasteiger partial charge in [0, 0.05) is 11.3 Å². The van der Waals surface area contributed by atoms with E-state index in [9.17, 15) is 18.0 Å². The highest BCUT2D eigenvalue weighted by Crippen LogP contribution is 2.19. The lowest BCUT2D eigenvalue weighted by molar-refractivity contribution is 0.0830. The number of sulfonamides is 1. The molecule has 0 atom stereocenters. The molecule has 1 aromatic heterocycles. The smallest absolute Gasteiger partial charge is 0.305 e. The first-order chi connectivity index (χ1) is 13.8. The normalized spacial score (nSPS) is 11.0. The molecule has 1 heterocycles. The van der Waals surface area contributed by atoms with Gasteiger partial charge in [0.15, 0.2) is 5.76 Å². The number of hydrogen-bond donors (Lipinski definition) is 3. The van der Waals surface area contributed by atoms with Crippen LogP contribution in [0, 0.1) is 13.8 Å². The van der Waals surface area contributed by atoms with E-state index in [0.717, 1.165) is 5.56 Å². The van der Waals surface area contributed by atoms with E-state index in [1.54, 1.807) is 31.2 Å². The molecule has 0 aliphatic carbocycles. The van der Waals surface area contributed by atoms with Crippen molar-refractivity contribution in [3.63, 3.8) is 0 Å². The summed E-state index contributed by atoms with van der Waals surface area (Å²) in [5.74, 6) is -1.26. The molecule has 2 aromatic carbocycles. The van der Waals surface area contributed by atoms with E-state index < -0.39 is 21.8 Å². The predicted octanol–water partition coefficient (Wildman–Crippen LogP) is 2.77. The molecule has 29 heavy (non-hydrogen) atoms. The fraction of sp³-hybridized carbons (Fsp3) is 0.100. The van der Waals surface area contributed by atoms with Crippen molar-refractivity contribution in [1.29, 1.82) is 0 Å². The Labute approximate surface area is 168 Å². The summed E-state index contributed by atoms with van der Waals surface area (Å²) >= 11 is 0. The highest BCUT2D eigenvalue weighted by Gasteiger charge is 2.19. The molecule has 8 nitrogen and oxygen atoms in total. The van der Waals surface area contributed by atoms with Crippen molar-refractivity contribution in [3.05, 3.63) is 83.3 Å². The number of nitrogens with one attached hydrogen (secondary N) is 3. The van der Waals surface area contributed by atoms with Crippen molar-refractivity contribution >= 4 is 27.5 Å². The predicted molar refractivity (Wildman–Crippen MR) is 107 cm³/mol. The molecule has 0 aliphatic heterocycles. The van der Waals surface area contributed by atoms with Crippen LogP contribution in [0.25, 0.3) is 0 Å². The maximum atomic E-state index is 12.7. The zero-order valence-corrected chi connectivity index (χ0v) is 16.5. The second-order valence-electron chi connectivity index (χ2n) is 6.33. The Balaban J connectivity index is 1.77. The third kappa shape index (κ3) is 4.82. The van der Waals surface area contributed by atoms with E-state index in [0.29, 0.717) is 11.3 Å². The van der Waals surface area contributed by atoms with Gasteiger partial charge < -0.3 is 4.42 Å². The third-order valence-electron chi connectivity index (χ3n) is 4.10. The number of hydrazine groups is 1. The molecular formula is C20H19N3O5S. The zero-order valence-electron chi connectivity index (χ0n) is 15.7. The van der Waals surface area contributed by atoms with Crippen LogP contribution in [-0.4, -0.2) is 20.2 Å². The second kappa shape index (κ2) is 8.19. The highest BCUT2D eigenvalue weighted by molar-refractivity contribution is 7.92. The zero-order chi connectivity index (χ0) is 21.0. The lowest BCUT2D eigenvalue weighted by atomic mass is 10.1. The number of carbonyl (C=O) groups is 2. The monoisotopic (exact) mass is 413 g/mol. The number of furan rings is 1. The molecular weight excluding hydrogens is 394 g/mol. The molecule has 150 valence electrons. The maximum Gasteiger partial charge on any atom is 0.305 e. The Hall–Kier alpha value is -3.59. The van der Waals surface area contributed by atoms with Crippen LogP contribution < -0.4 is 15.6 Å². The topological polar surface area (TPSA) is 118 Å². The van der Waals surface area contributed by atoms with Crippen LogP contribution in [0.3, 0.4) is 0 Å². The number of carbonyl (C=O) groups excluding carboxylic acids is 2. The molecule has 0 spiro atoms. The summed E-state index contributed by atoms with van der Waals surface area (Å²) in [6.45, 7) is 3.56. The Kier molecular flexibility index (Phi) is 5.69. The van der Waals surface area contributed by atoms with Crippen LogP contribution in [0.5, 0.6) is 0 Å². The fourth-order valence-corrected chi connectivity index (χ4v) is 3.58. The van der Waals surface area contributed by atoms with Gasteiger partial charge in [-0.15, -0.1) is 0 Å². The number of rotatable bonds is 5. The molecule has 0 radical (unpaired) electrons. The van der Waals surface area contributed by atoms with Crippen molar-refractivity contribution in [1.82, 2.24) is 10.9 Å². The quantitative estimate of drug-likeness (QED) is 0.556. The molecule has 9 heteroatoms. The van der Waals surface area contributed by atoms with E-state index >= 15 is 0 Å². The molecule has 0 aliphatic rings. The minimum Gasteiger partial charge on any atom is -0.459 e. The molecule has 0 bridgehead atoms. The molecule has 0 unspecified atom stereocenters. The van der Waals surface area contributed by atoms with Crippen molar-refractivity contribution in [2.24, 2.45) is 0 Å². The summed E-state index contributed by atoms with van der Waals surface area (Å²) in [5.41, 5.74) is 6.53. The molecule has 0 saturated heterocycles. The number of anilines is 1. The summed E-state index contributed by atoms with van der Waals surface area (Å²) < 4.78 is 32.7. The first-order valence-electron chi connectivity index (χ1n) is 8.60. The summed E-state index contributed by atoms with van der Waals surface area (Å²) in [6, 6.07) is 14.0. The average Bonchev–Trinajstić information content (AvgIpc) is 3.22.